The van der Waals surface area contributed by atoms with Crippen molar-refractivity contribution >= 4 is 15.9 Å². The summed E-state index contributed by atoms with van der Waals surface area (Å²) in [7, 11) is 0. The third kappa shape index (κ3) is 3.80. The molecule has 0 saturated carbocycles. The van der Waals surface area contributed by atoms with Crippen LogP contribution in [0.15, 0.2) is 36.4 Å². The van der Waals surface area contributed by atoms with Crippen molar-refractivity contribution in [3.05, 3.63) is 64.5 Å². The Hall–Kier alpha value is -1.35. The molecule has 100 valence electrons. The molecule has 1 nitrogen and oxygen atoms in total. The Morgan fingerprint density at radius 3 is 2.47 bits per heavy atom. The van der Waals surface area contributed by atoms with Gasteiger partial charge in [-0.2, -0.15) is 0 Å². The van der Waals surface area contributed by atoms with E-state index in [1.54, 1.807) is 0 Å². The molecular weight excluding hydrogens is 307 g/mol. The Morgan fingerprint density at radius 1 is 1.00 bits per heavy atom. The van der Waals surface area contributed by atoms with E-state index in [0.29, 0.717) is 17.7 Å². The summed E-state index contributed by atoms with van der Waals surface area (Å²) >= 11 is 3.32. The van der Waals surface area contributed by atoms with Crippen LogP contribution in [0.5, 0.6) is 5.75 Å². The predicted molar refractivity (Wildman–Crippen MR) is 79.3 cm³/mol. The summed E-state index contributed by atoms with van der Waals surface area (Å²) in [6, 6.07) is 11.0. The molecule has 0 aliphatic rings. The van der Waals surface area contributed by atoms with Gasteiger partial charge < -0.3 is 4.74 Å². The molecule has 0 aliphatic heterocycles. The molecule has 0 aromatic heterocycles. The van der Waals surface area contributed by atoms with Crippen LogP contribution in [0.4, 0.5) is 4.39 Å². The number of halogens is 2. The van der Waals surface area contributed by atoms with E-state index in [1.165, 1.54) is 23.3 Å². The zero-order valence-corrected chi connectivity index (χ0v) is 12.6. The summed E-state index contributed by atoms with van der Waals surface area (Å²) < 4.78 is 19.0. The number of benzene rings is 2. The summed E-state index contributed by atoms with van der Waals surface area (Å²) in [6.07, 6.45) is 0. The quantitative estimate of drug-likeness (QED) is 0.726. The fraction of sp³-hybridized carbons (Fsp3) is 0.250. The van der Waals surface area contributed by atoms with Crippen LogP contribution < -0.4 is 4.74 Å². The zero-order valence-electron chi connectivity index (χ0n) is 11.0. The van der Waals surface area contributed by atoms with E-state index in [0.717, 1.165) is 11.1 Å². The third-order valence-corrected chi connectivity index (χ3v) is 3.71. The van der Waals surface area contributed by atoms with Crippen molar-refractivity contribution in [3.63, 3.8) is 0 Å². The van der Waals surface area contributed by atoms with Crippen LogP contribution in [-0.2, 0) is 11.9 Å². The number of hydrogen-bond donors (Lipinski definition) is 0. The van der Waals surface area contributed by atoms with Gasteiger partial charge in [-0.3, -0.25) is 0 Å². The van der Waals surface area contributed by atoms with Crippen molar-refractivity contribution in [2.75, 3.05) is 0 Å². The fourth-order valence-corrected chi connectivity index (χ4v) is 2.16. The maximum Gasteiger partial charge on any atom is 0.127 e. The molecule has 0 radical (unpaired) electrons. The standard InChI is InChI=1S/C16H16BrFO/c1-11-3-4-13(5-12(11)2)10-19-16-7-14(9-17)6-15(18)8-16/h3-8H,9-10H2,1-2H3. The summed E-state index contributed by atoms with van der Waals surface area (Å²) in [5.74, 6) is 0.291. The average molecular weight is 323 g/mol. The molecule has 0 atom stereocenters. The highest BCUT2D eigenvalue weighted by Crippen LogP contribution is 2.20. The third-order valence-electron chi connectivity index (χ3n) is 3.06. The molecule has 3 heteroatoms. The molecule has 0 bridgehead atoms. The second kappa shape index (κ2) is 6.20. The van der Waals surface area contributed by atoms with E-state index in [9.17, 15) is 4.39 Å². The van der Waals surface area contributed by atoms with Crippen LogP contribution >= 0.6 is 15.9 Å². The van der Waals surface area contributed by atoms with Gasteiger partial charge >= 0.3 is 0 Å². The lowest BCUT2D eigenvalue weighted by molar-refractivity contribution is 0.304. The molecule has 0 N–H and O–H groups in total. The zero-order chi connectivity index (χ0) is 13.8. The monoisotopic (exact) mass is 322 g/mol. The molecule has 0 saturated heterocycles. The van der Waals surface area contributed by atoms with E-state index in [4.69, 9.17) is 4.74 Å². The predicted octanol–water partition coefficient (Wildman–Crippen LogP) is 4.92. The van der Waals surface area contributed by atoms with Gasteiger partial charge in [0.1, 0.15) is 18.2 Å². The highest BCUT2D eigenvalue weighted by molar-refractivity contribution is 9.08. The molecule has 2 aromatic rings. The van der Waals surface area contributed by atoms with Crippen LogP contribution in [0, 0.1) is 19.7 Å². The maximum atomic E-state index is 13.4. The van der Waals surface area contributed by atoms with Crippen molar-refractivity contribution in [1.29, 1.82) is 0 Å². The van der Waals surface area contributed by atoms with Crippen molar-refractivity contribution in [2.45, 2.75) is 25.8 Å². The van der Waals surface area contributed by atoms with Gasteiger partial charge in [0.25, 0.3) is 0 Å². The molecule has 0 fully saturated rings. The lowest BCUT2D eigenvalue weighted by atomic mass is 10.1. The van der Waals surface area contributed by atoms with Crippen molar-refractivity contribution < 1.29 is 9.13 Å². The molecule has 0 spiro atoms. The normalized spacial score (nSPS) is 10.5. The van der Waals surface area contributed by atoms with Crippen molar-refractivity contribution in [1.82, 2.24) is 0 Å². The summed E-state index contributed by atoms with van der Waals surface area (Å²) in [4.78, 5) is 0. The first-order chi connectivity index (χ1) is 9.08. The van der Waals surface area contributed by atoms with Crippen molar-refractivity contribution in [2.24, 2.45) is 0 Å². The molecule has 0 unspecified atom stereocenters. The minimum Gasteiger partial charge on any atom is -0.489 e. The van der Waals surface area contributed by atoms with E-state index in [-0.39, 0.29) is 5.82 Å². The smallest absolute Gasteiger partial charge is 0.127 e. The first-order valence-corrected chi connectivity index (χ1v) is 7.25. The van der Waals surface area contributed by atoms with E-state index in [1.807, 2.05) is 12.1 Å². The molecular formula is C16H16BrFO. The fourth-order valence-electron chi connectivity index (χ4n) is 1.84. The Balaban J connectivity index is 2.09. The highest BCUT2D eigenvalue weighted by atomic mass is 79.9. The van der Waals surface area contributed by atoms with E-state index in [2.05, 4.69) is 41.9 Å². The van der Waals surface area contributed by atoms with Gasteiger partial charge in [-0.25, -0.2) is 4.39 Å². The highest BCUT2D eigenvalue weighted by Gasteiger charge is 2.02. The van der Waals surface area contributed by atoms with Crippen LogP contribution in [0.25, 0.3) is 0 Å². The molecule has 0 amide bonds. The Labute approximate surface area is 121 Å². The molecule has 2 rings (SSSR count). The summed E-state index contributed by atoms with van der Waals surface area (Å²) in [5.41, 5.74) is 4.46. The largest absolute Gasteiger partial charge is 0.489 e. The van der Waals surface area contributed by atoms with E-state index >= 15 is 0 Å². The second-order valence-electron chi connectivity index (χ2n) is 4.64. The van der Waals surface area contributed by atoms with Gasteiger partial charge in [0, 0.05) is 11.4 Å². The lowest BCUT2D eigenvalue weighted by Crippen LogP contribution is -1.97. The Morgan fingerprint density at radius 2 is 1.79 bits per heavy atom. The van der Waals surface area contributed by atoms with Crippen LogP contribution in [0.2, 0.25) is 0 Å². The summed E-state index contributed by atoms with van der Waals surface area (Å²) in [6.45, 7) is 4.60. The van der Waals surface area contributed by atoms with Crippen molar-refractivity contribution in [3.8, 4) is 5.75 Å². The Bertz CT molecular complexity index is 581. The average Bonchev–Trinajstić information content (AvgIpc) is 2.39. The number of ether oxygens (including phenoxy) is 1. The van der Waals surface area contributed by atoms with Crippen LogP contribution in [0.3, 0.4) is 0 Å². The number of alkyl halides is 1. The van der Waals surface area contributed by atoms with Gasteiger partial charge in [-0.15, -0.1) is 0 Å². The maximum absolute atomic E-state index is 13.4. The van der Waals surface area contributed by atoms with Gasteiger partial charge in [-0.1, -0.05) is 34.1 Å². The molecule has 2 aromatic carbocycles. The minimum absolute atomic E-state index is 0.271. The first-order valence-electron chi connectivity index (χ1n) is 6.13. The Kier molecular flexibility index (Phi) is 4.59. The minimum atomic E-state index is -0.271. The van der Waals surface area contributed by atoms with Crippen LogP contribution in [-0.4, -0.2) is 0 Å². The summed E-state index contributed by atoms with van der Waals surface area (Å²) in [5, 5.41) is 0.616. The second-order valence-corrected chi connectivity index (χ2v) is 5.20. The number of hydrogen-bond acceptors (Lipinski definition) is 1. The number of aryl methyl sites for hydroxylation is 2. The van der Waals surface area contributed by atoms with E-state index < -0.39 is 0 Å². The number of rotatable bonds is 4. The van der Waals surface area contributed by atoms with Gasteiger partial charge in [-0.05, 0) is 48.2 Å². The van der Waals surface area contributed by atoms with Gasteiger partial charge in [0.2, 0.25) is 0 Å². The topological polar surface area (TPSA) is 9.23 Å². The molecule has 0 aliphatic carbocycles. The lowest BCUT2D eigenvalue weighted by Gasteiger charge is -2.09. The van der Waals surface area contributed by atoms with Gasteiger partial charge in [0.05, 0.1) is 0 Å². The van der Waals surface area contributed by atoms with Gasteiger partial charge in [0.15, 0.2) is 0 Å². The SMILES string of the molecule is Cc1ccc(COc2cc(F)cc(CBr)c2)cc1C. The molecule has 0 heterocycles. The first kappa shape index (κ1) is 14.1. The van der Waals surface area contributed by atoms with Crippen LogP contribution in [0.1, 0.15) is 22.3 Å². The molecule has 19 heavy (non-hydrogen) atoms.